The predicted octanol–water partition coefficient (Wildman–Crippen LogP) is 2.27. The first kappa shape index (κ1) is 15.8. The zero-order chi connectivity index (χ0) is 17.1. The number of piperidine rings is 1. The van der Waals surface area contributed by atoms with Crippen LogP contribution in [-0.2, 0) is 6.54 Å². The summed E-state index contributed by atoms with van der Waals surface area (Å²) < 4.78 is 3.63. The van der Waals surface area contributed by atoms with Gasteiger partial charge in [-0.15, -0.1) is 0 Å². The summed E-state index contributed by atoms with van der Waals surface area (Å²) in [5.74, 6) is 0.830. The van der Waals surface area contributed by atoms with Crippen LogP contribution in [0, 0.1) is 0 Å². The van der Waals surface area contributed by atoms with Crippen LogP contribution < -0.4 is 5.56 Å². The van der Waals surface area contributed by atoms with Gasteiger partial charge in [-0.3, -0.25) is 9.69 Å². The van der Waals surface area contributed by atoms with E-state index in [-0.39, 0.29) is 5.56 Å². The minimum atomic E-state index is 0.0966. The molecule has 0 bridgehead atoms. The zero-order valence-electron chi connectivity index (χ0n) is 14.0. The van der Waals surface area contributed by atoms with Crippen LogP contribution in [0.2, 0.25) is 0 Å². The molecular formula is C19H21N5O. The molecule has 0 aliphatic carbocycles. The van der Waals surface area contributed by atoms with Gasteiger partial charge in [0.05, 0.1) is 0 Å². The standard InChI is InChI=1S/C19H21N5O/c25-19-4-1-2-10-23(19)17-7-12-22(13-8-17)15-16-5-6-18(20-14-16)24-11-3-9-21-24/h1-6,9-11,14,17H,7-8,12-13,15H2. The minimum Gasteiger partial charge on any atom is -0.312 e. The molecule has 4 heterocycles. The predicted molar refractivity (Wildman–Crippen MR) is 95.6 cm³/mol. The molecule has 0 saturated carbocycles. The molecule has 0 atom stereocenters. The van der Waals surface area contributed by atoms with E-state index in [1.54, 1.807) is 23.0 Å². The lowest BCUT2D eigenvalue weighted by molar-refractivity contribution is 0.177. The Bertz CT molecular complexity index is 861. The van der Waals surface area contributed by atoms with E-state index in [0.717, 1.165) is 38.3 Å². The summed E-state index contributed by atoms with van der Waals surface area (Å²) in [7, 11) is 0. The van der Waals surface area contributed by atoms with Gasteiger partial charge >= 0.3 is 0 Å². The lowest BCUT2D eigenvalue weighted by Gasteiger charge is -2.32. The lowest BCUT2D eigenvalue weighted by Crippen LogP contribution is -2.36. The number of likely N-dealkylation sites (tertiary alicyclic amines) is 1. The monoisotopic (exact) mass is 335 g/mol. The summed E-state index contributed by atoms with van der Waals surface area (Å²) in [6.45, 7) is 2.88. The number of hydrogen-bond acceptors (Lipinski definition) is 4. The van der Waals surface area contributed by atoms with E-state index < -0.39 is 0 Å². The lowest BCUT2D eigenvalue weighted by atomic mass is 10.0. The maximum Gasteiger partial charge on any atom is 0.250 e. The van der Waals surface area contributed by atoms with Crippen molar-refractivity contribution in [3.8, 4) is 5.82 Å². The van der Waals surface area contributed by atoms with E-state index in [4.69, 9.17) is 0 Å². The van der Waals surface area contributed by atoms with Crippen molar-refractivity contribution in [3.05, 3.63) is 77.1 Å². The first-order valence-electron chi connectivity index (χ1n) is 8.64. The van der Waals surface area contributed by atoms with Crippen molar-refractivity contribution in [3.63, 3.8) is 0 Å². The average molecular weight is 335 g/mol. The Kier molecular flexibility index (Phi) is 4.43. The third kappa shape index (κ3) is 3.53. The smallest absolute Gasteiger partial charge is 0.250 e. The Morgan fingerprint density at radius 2 is 1.92 bits per heavy atom. The molecule has 0 N–H and O–H groups in total. The molecule has 1 aliphatic rings. The third-order valence-electron chi connectivity index (χ3n) is 4.76. The topological polar surface area (TPSA) is 56.0 Å². The number of pyridine rings is 2. The quantitative estimate of drug-likeness (QED) is 0.734. The maximum atomic E-state index is 12.0. The molecule has 1 saturated heterocycles. The second kappa shape index (κ2) is 7.03. The van der Waals surface area contributed by atoms with Crippen LogP contribution in [0.3, 0.4) is 0 Å². The molecule has 25 heavy (non-hydrogen) atoms. The van der Waals surface area contributed by atoms with Crippen molar-refractivity contribution < 1.29 is 0 Å². The van der Waals surface area contributed by atoms with E-state index in [1.165, 1.54) is 5.56 Å². The van der Waals surface area contributed by atoms with Crippen molar-refractivity contribution in [2.45, 2.75) is 25.4 Å². The SMILES string of the molecule is O=c1ccccn1C1CCN(Cc2ccc(-n3cccn3)nc2)CC1. The van der Waals surface area contributed by atoms with E-state index >= 15 is 0 Å². The van der Waals surface area contributed by atoms with Crippen LogP contribution in [-0.4, -0.2) is 37.3 Å². The number of rotatable bonds is 4. The highest BCUT2D eigenvalue weighted by atomic mass is 16.1. The Hall–Kier alpha value is -2.73. The molecular weight excluding hydrogens is 314 g/mol. The molecule has 0 aromatic carbocycles. The molecule has 0 radical (unpaired) electrons. The summed E-state index contributed by atoms with van der Waals surface area (Å²) in [5.41, 5.74) is 1.30. The summed E-state index contributed by atoms with van der Waals surface area (Å²) in [6.07, 6.45) is 9.47. The highest BCUT2D eigenvalue weighted by Crippen LogP contribution is 2.22. The maximum absolute atomic E-state index is 12.0. The van der Waals surface area contributed by atoms with Crippen LogP contribution in [0.4, 0.5) is 0 Å². The molecule has 0 amide bonds. The van der Waals surface area contributed by atoms with Crippen molar-refractivity contribution in [1.82, 2.24) is 24.2 Å². The van der Waals surface area contributed by atoms with Gasteiger partial charge in [0, 0.05) is 56.5 Å². The normalized spacial score (nSPS) is 16.2. The fourth-order valence-corrected chi connectivity index (χ4v) is 3.41. The summed E-state index contributed by atoms with van der Waals surface area (Å²) in [4.78, 5) is 18.9. The van der Waals surface area contributed by atoms with Crippen molar-refractivity contribution in [2.24, 2.45) is 0 Å². The van der Waals surface area contributed by atoms with E-state index in [2.05, 4.69) is 21.0 Å². The Labute approximate surface area is 146 Å². The van der Waals surface area contributed by atoms with Gasteiger partial charge in [0.25, 0.3) is 5.56 Å². The first-order valence-corrected chi connectivity index (χ1v) is 8.64. The van der Waals surface area contributed by atoms with Crippen molar-refractivity contribution in [1.29, 1.82) is 0 Å². The van der Waals surface area contributed by atoms with Crippen LogP contribution in [0.1, 0.15) is 24.4 Å². The Morgan fingerprint density at radius 1 is 1.04 bits per heavy atom. The molecule has 1 aliphatic heterocycles. The summed E-state index contributed by atoms with van der Waals surface area (Å²) in [6, 6.07) is 11.7. The Balaban J connectivity index is 1.36. The molecule has 3 aromatic rings. The van der Waals surface area contributed by atoms with Crippen LogP contribution in [0.25, 0.3) is 5.82 Å². The molecule has 0 spiro atoms. The van der Waals surface area contributed by atoms with Gasteiger partial charge < -0.3 is 4.57 Å². The number of nitrogens with zero attached hydrogens (tertiary/aromatic N) is 5. The van der Waals surface area contributed by atoms with Gasteiger partial charge in [-0.25, -0.2) is 9.67 Å². The molecule has 128 valence electrons. The highest BCUT2D eigenvalue weighted by Gasteiger charge is 2.21. The van der Waals surface area contributed by atoms with E-state index in [9.17, 15) is 4.79 Å². The van der Waals surface area contributed by atoms with Crippen LogP contribution >= 0.6 is 0 Å². The first-order chi connectivity index (χ1) is 12.3. The van der Waals surface area contributed by atoms with Gasteiger partial charge in [-0.2, -0.15) is 5.10 Å². The molecule has 1 fully saturated rings. The van der Waals surface area contributed by atoms with Gasteiger partial charge in [0.1, 0.15) is 0 Å². The van der Waals surface area contributed by atoms with Crippen molar-refractivity contribution in [2.75, 3.05) is 13.1 Å². The van der Waals surface area contributed by atoms with Crippen LogP contribution in [0.5, 0.6) is 0 Å². The van der Waals surface area contributed by atoms with Crippen molar-refractivity contribution >= 4 is 0 Å². The Morgan fingerprint density at radius 3 is 2.60 bits per heavy atom. The molecule has 6 heteroatoms. The highest BCUT2D eigenvalue weighted by molar-refractivity contribution is 5.24. The zero-order valence-corrected chi connectivity index (χ0v) is 14.0. The summed E-state index contributed by atoms with van der Waals surface area (Å²) >= 11 is 0. The fourth-order valence-electron chi connectivity index (χ4n) is 3.41. The second-order valence-electron chi connectivity index (χ2n) is 6.43. The number of aromatic nitrogens is 4. The molecule has 3 aromatic heterocycles. The average Bonchev–Trinajstić information content (AvgIpc) is 3.18. The molecule has 6 nitrogen and oxygen atoms in total. The van der Waals surface area contributed by atoms with Gasteiger partial charge in [-0.05, 0) is 36.6 Å². The van der Waals surface area contributed by atoms with Gasteiger partial charge in [-0.1, -0.05) is 12.1 Å². The van der Waals surface area contributed by atoms with Gasteiger partial charge in [0.15, 0.2) is 5.82 Å². The van der Waals surface area contributed by atoms with E-state index in [0.29, 0.717) is 6.04 Å². The second-order valence-corrected chi connectivity index (χ2v) is 6.43. The van der Waals surface area contributed by atoms with Gasteiger partial charge in [0.2, 0.25) is 0 Å². The number of hydrogen-bond donors (Lipinski definition) is 0. The summed E-state index contributed by atoms with van der Waals surface area (Å²) in [5, 5.41) is 4.19. The van der Waals surface area contributed by atoms with E-state index in [1.807, 2.05) is 41.4 Å². The van der Waals surface area contributed by atoms with Crippen LogP contribution in [0.15, 0.2) is 66.0 Å². The minimum absolute atomic E-state index is 0.0966. The fraction of sp³-hybridized carbons (Fsp3) is 0.316. The molecule has 4 rings (SSSR count). The molecule has 0 unspecified atom stereocenters. The largest absolute Gasteiger partial charge is 0.312 e. The third-order valence-corrected chi connectivity index (χ3v) is 4.76.